The number of ketones is 1. The maximum Gasteiger partial charge on any atom is 0.410 e. The van der Waals surface area contributed by atoms with E-state index in [9.17, 15) is 19.2 Å². The molecule has 0 spiro atoms. The van der Waals surface area contributed by atoms with E-state index in [1.807, 2.05) is 30.3 Å². The van der Waals surface area contributed by atoms with Crippen LogP contribution in [-0.2, 0) is 35.2 Å². The molecule has 2 aliphatic rings. The van der Waals surface area contributed by atoms with Crippen LogP contribution in [0, 0.1) is 11.8 Å². The lowest BCUT2D eigenvalue weighted by Gasteiger charge is -2.40. The number of rotatable bonds is 6. The first kappa shape index (κ1) is 20.8. The molecular formula is C21H25NO7. The van der Waals surface area contributed by atoms with Crippen LogP contribution >= 0.6 is 0 Å². The predicted octanol–water partition coefficient (Wildman–Crippen LogP) is 2.10. The molecule has 0 saturated carbocycles. The van der Waals surface area contributed by atoms with Crippen LogP contribution in [0.1, 0.15) is 32.3 Å². The normalized spacial score (nSPS) is 25.4. The summed E-state index contributed by atoms with van der Waals surface area (Å²) in [6, 6.07) is 7.81. The first-order valence-corrected chi connectivity index (χ1v) is 9.85. The highest BCUT2D eigenvalue weighted by atomic mass is 16.6. The van der Waals surface area contributed by atoms with Gasteiger partial charge in [-0.25, -0.2) is 4.79 Å². The van der Waals surface area contributed by atoms with Gasteiger partial charge in [0.05, 0.1) is 25.3 Å². The van der Waals surface area contributed by atoms with Crippen molar-refractivity contribution >= 4 is 23.8 Å². The summed E-state index contributed by atoms with van der Waals surface area (Å²) in [5, 5.41) is 0. The van der Waals surface area contributed by atoms with E-state index < -0.39 is 47.7 Å². The van der Waals surface area contributed by atoms with Crippen molar-refractivity contribution in [3.63, 3.8) is 0 Å². The molecule has 0 N–H and O–H groups in total. The van der Waals surface area contributed by atoms with E-state index in [1.165, 1.54) is 4.90 Å². The molecule has 4 atom stereocenters. The first-order valence-electron chi connectivity index (χ1n) is 9.85. The molecule has 2 saturated heterocycles. The van der Waals surface area contributed by atoms with E-state index in [4.69, 9.17) is 14.2 Å². The van der Waals surface area contributed by atoms with Gasteiger partial charge >= 0.3 is 18.0 Å². The van der Waals surface area contributed by atoms with Gasteiger partial charge in [-0.05, 0) is 32.3 Å². The molecule has 0 aromatic heterocycles. The van der Waals surface area contributed by atoms with Crippen LogP contribution in [-0.4, -0.2) is 54.0 Å². The van der Waals surface area contributed by atoms with Crippen molar-refractivity contribution in [3.05, 3.63) is 35.9 Å². The van der Waals surface area contributed by atoms with Gasteiger partial charge in [0.2, 0.25) is 0 Å². The van der Waals surface area contributed by atoms with Crippen molar-refractivity contribution in [1.82, 2.24) is 4.90 Å². The summed E-state index contributed by atoms with van der Waals surface area (Å²) in [6.45, 7) is 3.52. The summed E-state index contributed by atoms with van der Waals surface area (Å²) < 4.78 is 15.5. The number of esters is 2. The molecule has 2 aliphatic heterocycles. The van der Waals surface area contributed by atoms with E-state index in [-0.39, 0.29) is 19.8 Å². The summed E-state index contributed by atoms with van der Waals surface area (Å²) in [6.07, 6.45) is 0.171. The Kier molecular flexibility index (Phi) is 6.51. The lowest BCUT2D eigenvalue weighted by Crippen LogP contribution is -2.60. The fraction of sp³-hybridized carbons (Fsp3) is 0.524. The molecule has 2 heterocycles. The Bertz CT molecular complexity index is 742. The smallest absolute Gasteiger partial charge is 0.410 e. The summed E-state index contributed by atoms with van der Waals surface area (Å²) in [5.41, 5.74) is 0.810. The highest BCUT2D eigenvalue weighted by Gasteiger charge is 2.60. The van der Waals surface area contributed by atoms with Gasteiger partial charge in [0, 0.05) is 0 Å². The van der Waals surface area contributed by atoms with Gasteiger partial charge in [-0.2, -0.15) is 0 Å². The molecule has 1 amide bonds. The Morgan fingerprint density at radius 3 is 1.90 bits per heavy atom. The minimum absolute atomic E-state index is 0.0533. The number of ether oxygens (including phenoxy) is 3. The molecule has 8 heteroatoms. The minimum atomic E-state index is -1.22. The molecular weight excluding hydrogens is 378 g/mol. The van der Waals surface area contributed by atoms with Crippen LogP contribution in [0.5, 0.6) is 0 Å². The number of amides is 1. The second-order valence-corrected chi connectivity index (χ2v) is 7.02. The maximum atomic E-state index is 13.0. The first-order chi connectivity index (χ1) is 14.0. The summed E-state index contributed by atoms with van der Waals surface area (Å²) in [7, 11) is 0. The quantitative estimate of drug-likeness (QED) is 0.407. The SMILES string of the molecule is CCOC(=O)C1C(=O)C(C(=O)OCC)C2CCC1N2C(=O)OCc1ccccc1. The molecule has 1 aromatic rings. The van der Waals surface area contributed by atoms with E-state index >= 15 is 0 Å². The Balaban J connectivity index is 1.85. The Morgan fingerprint density at radius 2 is 1.41 bits per heavy atom. The number of nitrogens with zero attached hydrogens (tertiary/aromatic N) is 1. The van der Waals surface area contributed by atoms with E-state index in [0.717, 1.165) is 5.56 Å². The third kappa shape index (κ3) is 4.11. The van der Waals surface area contributed by atoms with Crippen molar-refractivity contribution in [1.29, 1.82) is 0 Å². The maximum absolute atomic E-state index is 13.0. The fourth-order valence-electron chi connectivity index (χ4n) is 4.17. The number of carbonyl (C=O) groups is 4. The molecule has 0 aliphatic carbocycles. The van der Waals surface area contributed by atoms with Crippen molar-refractivity contribution in [2.24, 2.45) is 11.8 Å². The van der Waals surface area contributed by atoms with E-state index in [1.54, 1.807) is 13.8 Å². The number of benzene rings is 1. The van der Waals surface area contributed by atoms with Crippen LogP contribution in [0.3, 0.4) is 0 Å². The van der Waals surface area contributed by atoms with Crippen LogP contribution < -0.4 is 0 Å². The third-order valence-electron chi connectivity index (χ3n) is 5.35. The van der Waals surface area contributed by atoms with Gasteiger partial charge in [-0.1, -0.05) is 30.3 Å². The Morgan fingerprint density at radius 1 is 0.897 bits per heavy atom. The van der Waals surface area contributed by atoms with Crippen molar-refractivity contribution in [3.8, 4) is 0 Å². The number of hydrogen-bond donors (Lipinski definition) is 0. The fourth-order valence-corrected chi connectivity index (χ4v) is 4.17. The second-order valence-electron chi connectivity index (χ2n) is 7.02. The van der Waals surface area contributed by atoms with Crippen LogP contribution in [0.4, 0.5) is 4.79 Å². The van der Waals surface area contributed by atoms with Crippen molar-refractivity contribution in [2.45, 2.75) is 45.4 Å². The van der Waals surface area contributed by atoms with Gasteiger partial charge in [-0.15, -0.1) is 0 Å². The van der Waals surface area contributed by atoms with E-state index in [0.29, 0.717) is 12.8 Å². The summed E-state index contributed by atoms with van der Waals surface area (Å²) in [4.78, 5) is 52.2. The van der Waals surface area contributed by atoms with Gasteiger partial charge in [-0.3, -0.25) is 19.3 Å². The zero-order valence-corrected chi connectivity index (χ0v) is 16.5. The molecule has 1 aromatic carbocycles. The van der Waals surface area contributed by atoms with Gasteiger partial charge in [0.1, 0.15) is 18.4 Å². The molecule has 2 fully saturated rings. The molecule has 29 heavy (non-hydrogen) atoms. The number of fused-ring (bicyclic) bond motifs is 2. The predicted molar refractivity (Wildman–Crippen MR) is 101 cm³/mol. The van der Waals surface area contributed by atoms with Crippen molar-refractivity contribution in [2.75, 3.05) is 13.2 Å². The van der Waals surface area contributed by atoms with Gasteiger partial charge in [0.25, 0.3) is 0 Å². The van der Waals surface area contributed by atoms with E-state index in [2.05, 4.69) is 0 Å². The molecule has 3 rings (SSSR count). The number of piperidine rings is 1. The number of Topliss-reactive ketones (excluding diaryl/α,β-unsaturated/α-hetero) is 1. The lowest BCUT2D eigenvalue weighted by molar-refractivity contribution is -0.164. The third-order valence-corrected chi connectivity index (χ3v) is 5.35. The second kappa shape index (κ2) is 9.07. The van der Waals surface area contributed by atoms with Crippen LogP contribution in [0.2, 0.25) is 0 Å². The zero-order valence-electron chi connectivity index (χ0n) is 16.5. The summed E-state index contributed by atoms with van der Waals surface area (Å²) >= 11 is 0. The largest absolute Gasteiger partial charge is 0.465 e. The average Bonchev–Trinajstić information content (AvgIpc) is 3.05. The van der Waals surface area contributed by atoms with Crippen molar-refractivity contribution < 1.29 is 33.4 Å². The number of carbonyl (C=O) groups excluding carboxylic acids is 4. The molecule has 8 nitrogen and oxygen atoms in total. The molecule has 2 bridgehead atoms. The highest BCUT2D eigenvalue weighted by molar-refractivity contribution is 6.11. The van der Waals surface area contributed by atoms with Crippen LogP contribution in [0.15, 0.2) is 30.3 Å². The monoisotopic (exact) mass is 403 g/mol. The molecule has 0 radical (unpaired) electrons. The minimum Gasteiger partial charge on any atom is -0.465 e. The van der Waals surface area contributed by atoms with Crippen LogP contribution in [0.25, 0.3) is 0 Å². The Hall–Kier alpha value is -2.90. The average molecular weight is 403 g/mol. The summed E-state index contributed by atoms with van der Waals surface area (Å²) in [5.74, 6) is -4.42. The highest BCUT2D eigenvalue weighted by Crippen LogP contribution is 2.42. The molecule has 4 unspecified atom stereocenters. The topological polar surface area (TPSA) is 99.2 Å². The molecule has 156 valence electrons. The van der Waals surface area contributed by atoms with Gasteiger partial charge < -0.3 is 14.2 Å². The zero-order chi connectivity index (χ0) is 21.0. The lowest BCUT2D eigenvalue weighted by atomic mass is 9.81. The standard InChI is InChI=1S/C21H25NO7/c1-3-27-19(24)16-14-10-11-15(17(18(16)23)20(25)28-4-2)22(14)21(26)29-12-13-8-6-5-7-9-13/h5-9,14-17H,3-4,10-12H2,1-2H3. The van der Waals surface area contributed by atoms with Gasteiger partial charge in [0.15, 0.2) is 5.78 Å². The Labute approximate surface area is 169 Å². The number of hydrogen-bond acceptors (Lipinski definition) is 7.